The van der Waals surface area contributed by atoms with E-state index in [0.29, 0.717) is 22.9 Å². The van der Waals surface area contributed by atoms with Crippen LogP contribution in [0.4, 0.5) is 18.3 Å². The molecule has 0 saturated heterocycles. The van der Waals surface area contributed by atoms with Crippen molar-refractivity contribution in [1.82, 2.24) is 15.2 Å². The molecule has 2 heterocycles. The predicted molar refractivity (Wildman–Crippen MR) is 107 cm³/mol. The van der Waals surface area contributed by atoms with Gasteiger partial charge in [0.2, 0.25) is 10.1 Å². The lowest BCUT2D eigenvalue weighted by Gasteiger charge is -2.21. The second-order valence-corrected chi connectivity index (χ2v) is 8.06. The Hall–Kier alpha value is -3.08. The number of benzene rings is 1. The van der Waals surface area contributed by atoms with E-state index in [1.165, 1.54) is 6.92 Å². The highest BCUT2D eigenvalue weighted by atomic mass is 32.1. The number of amides is 1. The van der Waals surface area contributed by atoms with Crippen LogP contribution in [-0.4, -0.2) is 33.2 Å². The Morgan fingerprint density at radius 2 is 1.90 bits per heavy atom. The van der Waals surface area contributed by atoms with Crippen molar-refractivity contribution in [2.75, 3.05) is 5.32 Å². The minimum atomic E-state index is -4.65. The van der Waals surface area contributed by atoms with Crippen LogP contribution < -0.4 is 5.32 Å². The van der Waals surface area contributed by atoms with Gasteiger partial charge in [0.15, 0.2) is 6.10 Å². The van der Waals surface area contributed by atoms with Crippen molar-refractivity contribution in [3.05, 3.63) is 46.1 Å². The second kappa shape index (κ2) is 8.22. The molecular weight excluding hydrogens is 433 g/mol. The van der Waals surface area contributed by atoms with Gasteiger partial charge in [-0.05, 0) is 44.2 Å². The number of anilines is 1. The number of para-hydroxylation sites is 1. The summed E-state index contributed by atoms with van der Waals surface area (Å²) in [5.41, 5.74) is 2.72. The average Bonchev–Trinajstić information content (AvgIpc) is 3.20. The number of alkyl halides is 3. The molecular formula is C20H17F3N4O3S. The molecule has 3 aromatic rings. The van der Waals surface area contributed by atoms with Crippen molar-refractivity contribution in [2.24, 2.45) is 0 Å². The highest BCUT2D eigenvalue weighted by Gasteiger charge is 2.36. The molecule has 0 bridgehead atoms. The van der Waals surface area contributed by atoms with E-state index in [9.17, 15) is 22.8 Å². The number of esters is 1. The van der Waals surface area contributed by atoms with Gasteiger partial charge in [-0.2, -0.15) is 13.2 Å². The molecule has 1 amide bonds. The van der Waals surface area contributed by atoms with E-state index in [-0.39, 0.29) is 16.5 Å². The van der Waals surface area contributed by atoms with Gasteiger partial charge in [-0.1, -0.05) is 29.5 Å². The third-order valence-corrected chi connectivity index (χ3v) is 5.81. The number of carbonyl (C=O) groups is 2. The van der Waals surface area contributed by atoms with Crippen LogP contribution in [0.25, 0.3) is 10.9 Å². The molecule has 0 spiro atoms. The van der Waals surface area contributed by atoms with Gasteiger partial charge in [0, 0.05) is 11.1 Å². The van der Waals surface area contributed by atoms with Crippen molar-refractivity contribution >= 4 is 39.2 Å². The van der Waals surface area contributed by atoms with Crippen LogP contribution >= 0.6 is 11.3 Å². The van der Waals surface area contributed by atoms with Gasteiger partial charge in [-0.15, -0.1) is 10.2 Å². The summed E-state index contributed by atoms with van der Waals surface area (Å²) in [6, 6.07) is 7.20. The van der Waals surface area contributed by atoms with E-state index in [1.807, 2.05) is 12.1 Å². The standard InChI is InChI=1S/C20H17F3N4O3S/c1-10(16(28)25-19-27-26-18(31-19)20(21,22)23)30-17(29)15-11-6-2-4-8-13(11)24-14-9-5-3-7-12(14)15/h2,4,6,8,10H,3,5,7,9H2,1H3,(H,25,27,28). The van der Waals surface area contributed by atoms with E-state index in [4.69, 9.17) is 4.74 Å². The first-order valence-corrected chi connectivity index (χ1v) is 10.4. The monoisotopic (exact) mass is 450 g/mol. The molecule has 31 heavy (non-hydrogen) atoms. The lowest BCUT2D eigenvalue weighted by molar-refractivity contribution is -0.138. The van der Waals surface area contributed by atoms with E-state index in [0.717, 1.165) is 30.5 Å². The van der Waals surface area contributed by atoms with Crippen molar-refractivity contribution in [3.8, 4) is 0 Å². The highest BCUT2D eigenvalue weighted by molar-refractivity contribution is 7.15. The van der Waals surface area contributed by atoms with Crippen LogP contribution in [0.2, 0.25) is 0 Å². The molecule has 7 nitrogen and oxygen atoms in total. The molecule has 1 aliphatic rings. The predicted octanol–water partition coefficient (Wildman–Crippen LogP) is 4.17. The lowest BCUT2D eigenvalue weighted by atomic mass is 9.90. The highest BCUT2D eigenvalue weighted by Crippen LogP contribution is 2.33. The van der Waals surface area contributed by atoms with Crippen LogP contribution in [0.15, 0.2) is 24.3 Å². The zero-order valence-electron chi connectivity index (χ0n) is 16.3. The van der Waals surface area contributed by atoms with Gasteiger partial charge in [-0.3, -0.25) is 15.1 Å². The fourth-order valence-corrected chi connectivity index (χ4v) is 4.09. The first kappa shape index (κ1) is 21.2. The number of nitrogens with one attached hydrogen (secondary N) is 1. The number of aromatic nitrogens is 3. The van der Waals surface area contributed by atoms with E-state index in [1.54, 1.807) is 12.1 Å². The molecule has 0 aliphatic heterocycles. The molecule has 1 aromatic carbocycles. The van der Waals surface area contributed by atoms with Crippen molar-refractivity contribution in [2.45, 2.75) is 44.9 Å². The summed E-state index contributed by atoms with van der Waals surface area (Å²) in [6.07, 6.45) is -2.56. The molecule has 162 valence electrons. The largest absolute Gasteiger partial charge is 0.449 e. The summed E-state index contributed by atoms with van der Waals surface area (Å²) in [5, 5.41) is 7.65. The second-order valence-electron chi connectivity index (χ2n) is 7.08. The van der Waals surface area contributed by atoms with Gasteiger partial charge in [0.25, 0.3) is 5.91 Å². The zero-order chi connectivity index (χ0) is 22.2. The number of ether oxygens (including phenoxy) is 1. The zero-order valence-corrected chi connectivity index (χ0v) is 17.1. The van der Waals surface area contributed by atoms with Crippen LogP contribution in [0.1, 0.15) is 46.4 Å². The van der Waals surface area contributed by atoms with E-state index >= 15 is 0 Å². The molecule has 4 rings (SSSR count). The lowest BCUT2D eigenvalue weighted by Crippen LogP contribution is -2.30. The Bertz CT molecular complexity index is 1160. The topological polar surface area (TPSA) is 94.1 Å². The summed E-state index contributed by atoms with van der Waals surface area (Å²) in [5.74, 6) is -1.47. The number of fused-ring (bicyclic) bond motifs is 2. The van der Waals surface area contributed by atoms with Crippen LogP contribution in [-0.2, 0) is 28.5 Å². The fourth-order valence-electron chi connectivity index (χ4n) is 3.47. The molecule has 1 atom stereocenters. The molecule has 0 radical (unpaired) electrons. The Morgan fingerprint density at radius 1 is 1.16 bits per heavy atom. The molecule has 1 aliphatic carbocycles. The average molecular weight is 450 g/mol. The number of rotatable bonds is 4. The van der Waals surface area contributed by atoms with Gasteiger partial charge in [0.1, 0.15) is 0 Å². The maximum absolute atomic E-state index is 13.0. The molecule has 0 fully saturated rings. The van der Waals surface area contributed by atoms with Gasteiger partial charge < -0.3 is 4.74 Å². The molecule has 1 N–H and O–H groups in total. The first-order valence-electron chi connectivity index (χ1n) is 9.57. The summed E-state index contributed by atoms with van der Waals surface area (Å²) in [6.45, 7) is 1.34. The maximum Gasteiger partial charge on any atom is 0.445 e. The number of hydrogen-bond donors (Lipinski definition) is 1. The van der Waals surface area contributed by atoms with Gasteiger partial charge >= 0.3 is 12.1 Å². The number of nitrogens with zero attached hydrogens (tertiary/aromatic N) is 3. The summed E-state index contributed by atoms with van der Waals surface area (Å²) < 4.78 is 43.3. The molecule has 2 aromatic heterocycles. The van der Waals surface area contributed by atoms with Crippen LogP contribution in [0.5, 0.6) is 0 Å². The summed E-state index contributed by atoms with van der Waals surface area (Å²) >= 11 is 0.193. The van der Waals surface area contributed by atoms with Gasteiger partial charge in [0.05, 0.1) is 11.1 Å². The van der Waals surface area contributed by atoms with Crippen LogP contribution in [0, 0.1) is 0 Å². The number of aryl methyl sites for hydroxylation is 1. The normalized spacial score (nSPS) is 14.7. The molecule has 0 saturated carbocycles. The van der Waals surface area contributed by atoms with E-state index < -0.39 is 29.2 Å². The smallest absolute Gasteiger partial charge is 0.445 e. The maximum atomic E-state index is 13.0. The number of halogens is 3. The Labute approximate surface area is 178 Å². The van der Waals surface area contributed by atoms with Crippen molar-refractivity contribution in [1.29, 1.82) is 0 Å². The minimum absolute atomic E-state index is 0.193. The van der Waals surface area contributed by atoms with Crippen molar-refractivity contribution < 1.29 is 27.5 Å². The fraction of sp³-hybridized carbons (Fsp3) is 0.350. The Morgan fingerprint density at radius 3 is 2.65 bits per heavy atom. The summed E-state index contributed by atoms with van der Waals surface area (Å²) in [4.78, 5) is 30.0. The molecule has 1 unspecified atom stereocenters. The van der Waals surface area contributed by atoms with Gasteiger partial charge in [-0.25, -0.2) is 4.79 Å². The number of pyridine rings is 1. The minimum Gasteiger partial charge on any atom is -0.449 e. The third kappa shape index (κ3) is 4.36. The number of hydrogen-bond acceptors (Lipinski definition) is 7. The molecule has 11 heteroatoms. The van der Waals surface area contributed by atoms with Crippen molar-refractivity contribution in [3.63, 3.8) is 0 Å². The van der Waals surface area contributed by atoms with Crippen LogP contribution in [0.3, 0.4) is 0 Å². The van der Waals surface area contributed by atoms with E-state index in [2.05, 4.69) is 20.5 Å². The Kier molecular flexibility index (Phi) is 5.61. The first-order chi connectivity index (χ1) is 14.7. The summed E-state index contributed by atoms with van der Waals surface area (Å²) in [7, 11) is 0. The third-order valence-electron chi connectivity index (χ3n) is 4.92. The number of carbonyl (C=O) groups excluding carboxylic acids is 2. The quantitative estimate of drug-likeness (QED) is 0.600. The SMILES string of the molecule is CC(OC(=O)c1c2c(nc3ccccc13)CCCC2)C(=O)Nc1nnc(C(F)(F)F)s1. The Balaban J connectivity index is 1.55.